The van der Waals surface area contributed by atoms with E-state index in [9.17, 15) is 0 Å². The molecule has 0 heterocycles. The Labute approximate surface area is 57.1 Å². The zero-order valence-corrected chi connectivity index (χ0v) is 6.15. The van der Waals surface area contributed by atoms with Gasteiger partial charge in [-0.05, 0) is 13.3 Å². The van der Waals surface area contributed by atoms with E-state index >= 15 is 0 Å². The number of hydrogen-bond acceptors (Lipinski definition) is 1. The van der Waals surface area contributed by atoms with E-state index in [1.807, 2.05) is 0 Å². The third kappa shape index (κ3) is 5.39. The molecule has 0 rings (SSSR count). The van der Waals surface area contributed by atoms with E-state index in [1.165, 1.54) is 0 Å². The molecule has 0 amide bonds. The summed E-state index contributed by atoms with van der Waals surface area (Å²) in [7, 11) is 0. The molecular weight excluding hydrogens is 112 g/mol. The van der Waals surface area contributed by atoms with E-state index in [0.717, 1.165) is 12.8 Å². The molecule has 0 unspecified atom stereocenters. The third-order valence-corrected chi connectivity index (χ3v) is 1.14. The lowest BCUT2D eigenvalue weighted by atomic mass is 10.1. The van der Waals surface area contributed by atoms with Gasteiger partial charge in [0.2, 0.25) is 0 Å². The van der Waals surface area contributed by atoms with Crippen LogP contribution >= 0.6 is 0 Å². The van der Waals surface area contributed by atoms with Gasteiger partial charge in [0.05, 0.1) is 6.10 Å². The van der Waals surface area contributed by atoms with Gasteiger partial charge >= 0.3 is 0 Å². The van der Waals surface area contributed by atoms with Crippen LogP contribution in [0.1, 0.15) is 33.1 Å². The highest BCUT2D eigenvalue weighted by atomic mass is 16.3. The molecule has 9 heavy (non-hydrogen) atoms. The van der Waals surface area contributed by atoms with Gasteiger partial charge in [0, 0.05) is 6.42 Å². The second kappa shape index (κ2) is 5.65. The number of aliphatic hydroxyl groups excluding tert-OH is 1. The van der Waals surface area contributed by atoms with Crippen molar-refractivity contribution >= 4 is 0 Å². The van der Waals surface area contributed by atoms with Crippen LogP contribution < -0.4 is 0 Å². The van der Waals surface area contributed by atoms with Gasteiger partial charge in [-0.25, -0.2) is 0 Å². The van der Waals surface area contributed by atoms with Gasteiger partial charge < -0.3 is 5.11 Å². The maximum Gasteiger partial charge on any atom is 0.0649 e. The molecule has 52 valence electrons. The third-order valence-electron chi connectivity index (χ3n) is 1.14. The van der Waals surface area contributed by atoms with Crippen LogP contribution in [0.5, 0.6) is 0 Å². The van der Waals surface area contributed by atoms with Gasteiger partial charge in [0.25, 0.3) is 0 Å². The van der Waals surface area contributed by atoms with Crippen molar-refractivity contribution in [3.05, 3.63) is 0 Å². The Morgan fingerprint density at radius 3 is 2.67 bits per heavy atom. The van der Waals surface area contributed by atoms with E-state index in [2.05, 4.69) is 18.8 Å². The Bertz CT molecular complexity index is 107. The van der Waals surface area contributed by atoms with E-state index in [4.69, 9.17) is 5.11 Å². The summed E-state index contributed by atoms with van der Waals surface area (Å²) in [6.07, 6.45) is 2.33. The van der Waals surface area contributed by atoms with Crippen molar-refractivity contribution in [1.82, 2.24) is 0 Å². The minimum Gasteiger partial charge on any atom is -0.392 e. The molecule has 0 aliphatic carbocycles. The molecule has 0 radical (unpaired) electrons. The minimum atomic E-state index is -0.206. The van der Waals surface area contributed by atoms with Gasteiger partial charge in [-0.15, -0.1) is 11.8 Å². The molecule has 0 spiro atoms. The molecule has 0 fully saturated rings. The SMILES string of the molecule is CC#CC[C@H](O)CCC. The maximum atomic E-state index is 9.08. The van der Waals surface area contributed by atoms with Crippen molar-refractivity contribution in [1.29, 1.82) is 0 Å². The van der Waals surface area contributed by atoms with Gasteiger partial charge in [-0.1, -0.05) is 13.3 Å². The van der Waals surface area contributed by atoms with Crippen LogP contribution in [0.15, 0.2) is 0 Å². The molecule has 0 bridgehead atoms. The quantitative estimate of drug-likeness (QED) is 0.569. The Kier molecular flexibility index (Phi) is 5.35. The Morgan fingerprint density at radius 2 is 2.22 bits per heavy atom. The zero-order chi connectivity index (χ0) is 7.11. The summed E-state index contributed by atoms with van der Waals surface area (Å²) < 4.78 is 0. The van der Waals surface area contributed by atoms with Crippen LogP contribution in [0, 0.1) is 11.8 Å². The Balaban J connectivity index is 3.22. The van der Waals surface area contributed by atoms with Crippen molar-refractivity contribution < 1.29 is 5.11 Å². The van der Waals surface area contributed by atoms with E-state index in [1.54, 1.807) is 6.92 Å². The van der Waals surface area contributed by atoms with Crippen LogP contribution in [-0.2, 0) is 0 Å². The topological polar surface area (TPSA) is 20.2 Å². The fraction of sp³-hybridized carbons (Fsp3) is 0.750. The fourth-order valence-electron chi connectivity index (χ4n) is 0.655. The van der Waals surface area contributed by atoms with E-state index in [0.29, 0.717) is 6.42 Å². The molecule has 1 heteroatoms. The van der Waals surface area contributed by atoms with Crippen molar-refractivity contribution in [2.75, 3.05) is 0 Å². The summed E-state index contributed by atoms with van der Waals surface area (Å²) in [6.45, 7) is 3.85. The standard InChI is InChI=1S/C8H14O/c1-3-5-7-8(9)6-4-2/h8-9H,4,6-7H2,1-2H3/t8-/m1/s1. The predicted molar refractivity (Wildman–Crippen MR) is 39.0 cm³/mol. The Morgan fingerprint density at radius 1 is 1.56 bits per heavy atom. The normalized spacial score (nSPS) is 11.9. The molecule has 1 nitrogen and oxygen atoms in total. The highest BCUT2D eigenvalue weighted by Gasteiger charge is 1.97. The molecule has 0 aromatic carbocycles. The zero-order valence-electron chi connectivity index (χ0n) is 6.15. The van der Waals surface area contributed by atoms with Crippen molar-refractivity contribution in [2.45, 2.75) is 39.2 Å². The average Bonchev–Trinajstić information content (AvgIpc) is 1.85. The summed E-state index contributed by atoms with van der Waals surface area (Å²) >= 11 is 0. The first-order valence-electron chi connectivity index (χ1n) is 3.39. The molecule has 0 aliphatic rings. The highest BCUT2D eigenvalue weighted by Crippen LogP contribution is 1.98. The Hall–Kier alpha value is -0.480. The van der Waals surface area contributed by atoms with Crippen LogP contribution in [0.4, 0.5) is 0 Å². The molecule has 1 N–H and O–H groups in total. The summed E-state index contributed by atoms with van der Waals surface area (Å²) in [4.78, 5) is 0. The molecule has 0 aromatic heterocycles. The second-order valence-electron chi connectivity index (χ2n) is 2.07. The average molecular weight is 126 g/mol. The highest BCUT2D eigenvalue weighted by molar-refractivity contribution is 4.96. The van der Waals surface area contributed by atoms with Crippen LogP contribution in [-0.4, -0.2) is 11.2 Å². The number of rotatable bonds is 3. The largest absolute Gasteiger partial charge is 0.392 e. The number of hydrogen-bond donors (Lipinski definition) is 1. The first-order chi connectivity index (χ1) is 4.31. The molecule has 1 atom stereocenters. The van der Waals surface area contributed by atoms with E-state index < -0.39 is 0 Å². The number of aliphatic hydroxyl groups is 1. The predicted octanol–water partition coefficient (Wildman–Crippen LogP) is 1.56. The molecular formula is C8H14O. The lowest BCUT2D eigenvalue weighted by Crippen LogP contribution is -2.03. The smallest absolute Gasteiger partial charge is 0.0649 e. The van der Waals surface area contributed by atoms with Gasteiger partial charge in [-0.2, -0.15) is 0 Å². The van der Waals surface area contributed by atoms with Gasteiger partial charge in [-0.3, -0.25) is 0 Å². The van der Waals surface area contributed by atoms with E-state index in [-0.39, 0.29) is 6.10 Å². The van der Waals surface area contributed by atoms with Gasteiger partial charge in [0.1, 0.15) is 0 Å². The van der Waals surface area contributed by atoms with Crippen molar-refractivity contribution in [2.24, 2.45) is 0 Å². The summed E-state index contributed by atoms with van der Waals surface area (Å²) in [6, 6.07) is 0. The van der Waals surface area contributed by atoms with Crippen LogP contribution in [0.25, 0.3) is 0 Å². The molecule has 0 saturated heterocycles. The van der Waals surface area contributed by atoms with Crippen LogP contribution in [0.2, 0.25) is 0 Å². The maximum absolute atomic E-state index is 9.08. The summed E-state index contributed by atoms with van der Waals surface area (Å²) in [5.74, 6) is 5.58. The lowest BCUT2D eigenvalue weighted by molar-refractivity contribution is 0.169. The fourth-order valence-corrected chi connectivity index (χ4v) is 0.655. The monoisotopic (exact) mass is 126 g/mol. The lowest BCUT2D eigenvalue weighted by Gasteiger charge is -2.01. The molecule has 0 aromatic rings. The molecule has 0 saturated carbocycles. The second-order valence-corrected chi connectivity index (χ2v) is 2.07. The first kappa shape index (κ1) is 8.52. The van der Waals surface area contributed by atoms with Crippen molar-refractivity contribution in [3.8, 4) is 11.8 Å². The van der Waals surface area contributed by atoms with Crippen LogP contribution in [0.3, 0.4) is 0 Å². The first-order valence-corrected chi connectivity index (χ1v) is 3.39. The van der Waals surface area contributed by atoms with Gasteiger partial charge in [0.15, 0.2) is 0 Å². The van der Waals surface area contributed by atoms with Crippen molar-refractivity contribution in [3.63, 3.8) is 0 Å². The molecule has 0 aliphatic heterocycles. The summed E-state index contributed by atoms with van der Waals surface area (Å²) in [5, 5.41) is 9.08. The minimum absolute atomic E-state index is 0.206. The summed E-state index contributed by atoms with van der Waals surface area (Å²) in [5.41, 5.74) is 0.